The second kappa shape index (κ2) is 8.33. The van der Waals surface area contributed by atoms with E-state index in [4.69, 9.17) is 4.74 Å². The zero-order valence-corrected chi connectivity index (χ0v) is 15.3. The first-order valence-corrected chi connectivity index (χ1v) is 10.00. The van der Waals surface area contributed by atoms with Crippen LogP contribution < -0.4 is 10.1 Å². The van der Waals surface area contributed by atoms with Crippen LogP contribution in [0, 0.1) is 0 Å². The summed E-state index contributed by atoms with van der Waals surface area (Å²) in [5, 5.41) is 2.78. The molecule has 1 fully saturated rings. The van der Waals surface area contributed by atoms with Crippen molar-refractivity contribution in [3.05, 3.63) is 29.8 Å². The van der Waals surface area contributed by atoms with Crippen LogP contribution in [0.5, 0.6) is 5.75 Å². The molecule has 2 amide bonds. The van der Waals surface area contributed by atoms with Crippen LogP contribution in [0.1, 0.15) is 18.9 Å². The quantitative estimate of drug-likeness (QED) is 0.752. The van der Waals surface area contributed by atoms with Gasteiger partial charge in [0.2, 0.25) is 11.8 Å². The third-order valence-corrected chi connectivity index (χ3v) is 6.00. The van der Waals surface area contributed by atoms with Gasteiger partial charge in [0.25, 0.3) is 0 Å². The minimum Gasteiger partial charge on any atom is -0.497 e. The molecule has 7 nitrogen and oxygen atoms in total. The van der Waals surface area contributed by atoms with Crippen molar-refractivity contribution in [1.29, 1.82) is 0 Å². The Hall–Kier alpha value is -2.09. The molecule has 1 atom stereocenters. The molecule has 0 aliphatic carbocycles. The van der Waals surface area contributed by atoms with Gasteiger partial charge in [-0.2, -0.15) is 0 Å². The summed E-state index contributed by atoms with van der Waals surface area (Å²) in [5.74, 6) is 0.532. The average Bonchev–Trinajstić information content (AvgIpc) is 2.91. The van der Waals surface area contributed by atoms with E-state index < -0.39 is 9.84 Å². The molecule has 8 heteroatoms. The van der Waals surface area contributed by atoms with Crippen LogP contribution in [0.25, 0.3) is 0 Å². The van der Waals surface area contributed by atoms with E-state index in [1.54, 1.807) is 19.2 Å². The first-order valence-electron chi connectivity index (χ1n) is 8.18. The van der Waals surface area contributed by atoms with E-state index in [1.165, 1.54) is 11.8 Å². The molecule has 2 rings (SSSR count). The van der Waals surface area contributed by atoms with Crippen molar-refractivity contribution < 1.29 is 22.7 Å². The number of nitrogens with one attached hydrogen (secondary N) is 1. The number of rotatable bonds is 7. The standard InChI is InChI=1S/C17H24N2O5S/c1-13(20)19(15-7-10-25(22,23)12-15)9-8-18-17(21)11-14-3-5-16(24-2)6-4-14/h3-6,15H,7-12H2,1-2H3,(H,18,21). The van der Waals surface area contributed by atoms with Gasteiger partial charge in [0, 0.05) is 26.1 Å². The number of hydrogen-bond acceptors (Lipinski definition) is 5. The fourth-order valence-corrected chi connectivity index (χ4v) is 4.66. The Kier molecular flexibility index (Phi) is 6.41. The summed E-state index contributed by atoms with van der Waals surface area (Å²) < 4.78 is 28.2. The van der Waals surface area contributed by atoms with Crippen LogP contribution in [-0.4, -0.2) is 62.9 Å². The Morgan fingerprint density at radius 3 is 2.48 bits per heavy atom. The summed E-state index contributed by atoms with van der Waals surface area (Å²) in [6.07, 6.45) is 0.698. The van der Waals surface area contributed by atoms with Gasteiger partial charge in [0.15, 0.2) is 9.84 Å². The maximum absolute atomic E-state index is 12.0. The van der Waals surface area contributed by atoms with E-state index in [0.717, 1.165) is 11.3 Å². The Morgan fingerprint density at radius 2 is 1.96 bits per heavy atom. The van der Waals surface area contributed by atoms with Crippen LogP contribution in [0.2, 0.25) is 0 Å². The predicted octanol–water partition coefficient (Wildman–Crippen LogP) is 0.390. The van der Waals surface area contributed by atoms with E-state index in [2.05, 4.69) is 5.32 Å². The van der Waals surface area contributed by atoms with Crippen LogP contribution >= 0.6 is 0 Å². The van der Waals surface area contributed by atoms with E-state index in [-0.39, 0.29) is 35.8 Å². The highest BCUT2D eigenvalue weighted by Crippen LogP contribution is 2.17. The van der Waals surface area contributed by atoms with E-state index in [1.807, 2.05) is 12.1 Å². The number of carbonyl (C=O) groups excluding carboxylic acids is 2. The van der Waals surface area contributed by atoms with Crippen molar-refractivity contribution in [2.24, 2.45) is 0 Å². The first kappa shape index (κ1) is 19.2. The number of benzene rings is 1. The summed E-state index contributed by atoms with van der Waals surface area (Å²) in [5.41, 5.74) is 0.864. The van der Waals surface area contributed by atoms with Gasteiger partial charge in [-0.1, -0.05) is 12.1 Å². The normalized spacial score (nSPS) is 18.6. The summed E-state index contributed by atoms with van der Waals surface area (Å²) in [6, 6.07) is 6.94. The maximum Gasteiger partial charge on any atom is 0.224 e. The van der Waals surface area contributed by atoms with Crippen LogP contribution in [0.15, 0.2) is 24.3 Å². The summed E-state index contributed by atoms with van der Waals surface area (Å²) in [6.45, 7) is 2.03. The number of hydrogen-bond donors (Lipinski definition) is 1. The van der Waals surface area contributed by atoms with E-state index in [9.17, 15) is 18.0 Å². The molecule has 1 N–H and O–H groups in total. The minimum atomic E-state index is -3.05. The Bertz CT molecular complexity index is 715. The molecule has 1 aromatic rings. The molecule has 1 aromatic carbocycles. The second-order valence-corrected chi connectivity index (χ2v) is 8.37. The molecule has 0 aromatic heterocycles. The van der Waals surface area contributed by atoms with Crippen molar-refractivity contribution in [3.63, 3.8) is 0 Å². The Morgan fingerprint density at radius 1 is 1.28 bits per heavy atom. The van der Waals surface area contributed by atoms with Crippen LogP contribution in [0.4, 0.5) is 0 Å². The SMILES string of the molecule is COc1ccc(CC(=O)NCCN(C(C)=O)C2CCS(=O)(=O)C2)cc1. The number of methoxy groups -OCH3 is 1. The fourth-order valence-electron chi connectivity index (χ4n) is 2.93. The van der Waals surface area contributed by atoms with Crippen molar-refractivity contribution in [2.45, 2.75) is 25.8 Å². The van der Waals surface area contributed by atoms with Gasteiger partial charge in [0.1, 0.15) is 5.75 Å². The highest BCUT2D eigenvalue weighted by Gasteiger charge is 2.33. The minimum absolute atomic E-state index is 0.00632. The second-order valence-electron chi connectivity index (χ2n) is 6.14. The van der Waals surface area contributed by atoms with Gasteiger partial charge in [-0.05, 0) is 24.1 Å². The molecule has 0 bridgehead atoms. The lowest BCUT2D eigenvalue weighted by molar-refractivity contribution is -0.131. The molecule has 1 saturated heterocycles. The maximum atomic E-state index is 12.0. The molecule has 1 unspecified atom stereocenters. The molecule has 138 valence electrons. The highest BCUT2D eigenvalue weighted by molar-refractivity contribution is 7.91. The number of carbonyl (C=O) groups is 2. The van der Waals surface area contributed by atoms with Crippen molar-refractivity contribution in [1.82, 2.24) is 10.2 Å². The monoisotopic (exact) mass is 368 g/mol. The zero-order chi connectivity index (χ0) is 18.4. The molecule has 1 aliphatic heterocycles. The zero-order valence-electron chi connectivity index (χ0n) is 14.5. The topological polar surface area (TPSA) is 92.8 Å². The van der Waals surface area contributed by atoms with Crippen molar-refractivity contribution in [3.8, 4) is 5.75 Å². The molecule has 25 heavy (non-hydrogen) atoms. The first-order chi connectivity index (χ1) is 11.8. The molecule has 0 spiro atoms. The average molecular weight is 368 g/mol. The Labute approximate surface area is 148 Å². The number of ether oxygens (including phenoxy) is 1. The van der Waals surface area contributed by atoms with Crippen LogP contribution in [-0.2, 0) is 25.8 Å². The predicted molar refractivity (Wildman–Crippen MR) is 94.2 cm³/mol. The number of nitrogens with zero attached hydrogens (tertiary/aromatic N) is 1. The van der Waals surface area contributed by atoms with E-state index >= 15 is 0 Å². The van der Waals surface area contributed by atoms with Gasteiger partial charge in [-0.15, -0.1) is 0 Å². The summed E-state index contributed by atoms with van der Waals surface area (Å²) in [7, 11) is -1.47. The van der Waals surface area contributed by atoms with Gasteiger partial charge < -0.3 is 15.0 Å². The Balaban J connectivity index is 1.80. The lowest BCUT2D eigenvalue weighted by Crippen LogP contribution is -2.44. The smallest absolute Gasteiger partial charge is 0.224 e. The van der Waals surface area contributed by atoms with Gasteiger partial charge in [-0.25, -0.2) is 8.42 Å². The summed E-state index contributed by atoms with van der Waals surface area (Å²) >= 11 is 0. The lowest BCUT2D eigenvalue weighted by Gasteiger charge is -2.27. The van der Waals surface area contributed by atoms with E-state index in [0.29, 0.717) is 19.5 Å². The molecular weight excluding hydrogens is 344 g/mol. The molecular formula is C17H24N2O5S. The van der Waals surface area contributed by atoms with Gasteiger partial charge in [0.05, 0.1) is 25.0 Å². The lowest BCUT2D eigenvalue weighted by atomic mass is 10.1. The number of sulfone groups is 1. The number of amides is 2. The molecule has 0 radical (unpaired) electrons. The van der Waals surface area contributed by atoms with Crippen molar-refractivity contribution in [2.75, 3.05) is 31.7 Å². The largest absolute Gasteiger partial charge is 0.497 e. The third-order valence-electron chi connectivity index (χ3n) is 4.25. The third kappa shape index (κ3) is 5.74. The van der Waals surface area contributed by atoms with Crippen LogP contribution in [0.3, 0.4) is 0 Å². The van der Waals surface area contributed by atoms with Crippen molar-refractivity contribution >= 4 is 21.7 Å². The molecule has 1 heterocycles. The van der Waals surface area contributed by atoms with Gasteiger partial charge in [-0.3, -0.25) is 9.59 Å². The highest BCUT2D eigenvalue weighted by atomic mass is 32.2. The summed E-state index contributed by atoms with van der Waals surface area (Å²) in [4.78, 5) is 25.3. The fraction of sp³-hybridized carbons (Fsp3) is 0.529. The molecule has 1 aliphatic rings. The van der Waals surface area contributed by atoms with Gasteiger partial charge >= 0.3 is 0 Å². The molecule has 0 saturated carbocycles.